The highest BCUT2D eigenvalue weighted by Crippen LogP contribution is 2.26. The minimum atomic E-state index is -0.971. The first-order valence-corrected chi connectivity index (χ1v) is 5.49. The van der Waals surface area contributed by atoms with E-state index in [1.54, 1.807) is 0 Å². The Hall–Kier alpha value is -1.27. The second-order valence-electron chi connectivity index (χ2n) is 3.00. The van der Waals surface area contributed by atoms with Gasteiger partial charge in [-0.1, -0.05) is 36.1 Å². The number of thiocarbonyl (C=S) groups is 1. The predicted molar refractivity (Wildman–Crippen MR) is 62.7 cm³/mol. The molecule has 82 valence electrons. The molecule has 1 aliphatic heterocycles. The summed E-state index contributed by atoms with van der Waals surface area (Å²) in [5, 5.41) is 2.39. The van der Waals surface area contributed by atoms with E-state index in [0.29, 0.717) is 4.32 Å². The monoisotopic (exact) mass is 257 g/mol. The molecule has 0 radical (unpaired) electrons. The maximum atomic E-state index is 13.3. The Morgan fingerprint density at radius 3 is 2.75 bits per heavy atom. The van der Waals surface area contributed by atoms with Crippen LogP contribution in [0, 0.1) is 11.6 Å². The van der Waals surface area contributed by atoms with Crippen molar-refractivity contribution in [1.82, 2.24) is 5.32 Å². The van der Waals surface area contributed by atoms with Crippen LogP contribution < -0.4 is 5.32 Å². The van der Waals surface area contributed by atoms with E-state index in [1.165, 1.54) is 18.2 Å². The van der Waals surface area contributed by atoms with Gasteiger partial charge in [-0.25, -0.2) is 8.78 Å². The number of amides is 1. The Bertz CT molecular complexity index is 514. The summed E-state index contributed by atoms with van der Waals surface area (Å²) in [4.78, 5) is 11.5. The molecule has 0 unspecified atom stereocenters. The molecule has 0 atom stereocenters. The Balaban J connectivity index is 2.40. The lowest BCUT2D eigenvalue weighted by molar-refractivity contribution is -0.115. The van der Waals surface area contributed by atoms with E-state index in [0.717, 1.165) is 17.8 Å². The zero-order valence-corrected chi connectivity index (χ0v) is 9.42. The molecular weight excluding hydrogens is 252 g/mol. The number of rotatable bonds is 1. The molecule has 2 nitrogen and oxygen atoms in total. The number of thioether (sulfide) groups is 1. The van der Waals surface area contributed by atoms with E-state index in [4.69, 9.17) is 12.2 Å². The number of carbonyl (C=O) groups excluding carboxylic acids is 1. The second-order valence-corrected chi connectivity index (χ2v) is 4.71. The van der Waals surface area contributed by atoms with Crippen LogP contribution in [0.4, 0.5) is 8.78 Å². The van der Waals surface area contributed by atoms with E-state index in [2.05, 4.69) is 5.32 Å². The van der Waals surface area contributed by atoms with Crippen molar-refractivity contribution < 1.29 is 13.6 Å². The van der Waals surface area contributed by atoms with E-state index in [1.807, 2.05) is 0 Å². The summed E-state index contributed by atoms with van der Waals surface area (Å²) in [6, 6.07) is 3.78. The number of carbonyl (C=O) groups is 1. The zero-order valence-electron chi connectivity index (χ0n) is 7.79. The van der Waals surface area contributed by atoms with Gasteiger partial charge in [0, 0.05) is 5.56 Å². The molecule has 6 heteroatoms. The third-order valence-corrected chi connectivity index (χ3v) is 3.07. The van der Waals surface area contributed by atoms with Gasteiger partial charge in [0.15, 0.2) is 11.6 Å². The highest BCUT2D eigenvalue weighted by atomic mass is 32.2. The van der Waals surface area contributed by atoms with Gasteiger partial charge in [-0.2, -0.15) is 0 Å². The highest BCUT2D eigenvalue weighted by molar-refractivity contribution is 8.26. The Labute approximate surface area is 99.7 Å². The van der Waals surface area contributed by atoms with Gasteiger partial charge in [0.1, 0.15) is 4.32 Å². The average molecular weight is 257 g/mol. The van der Waals surface area contributed by atoms with Crippen molar-refractivity contribution in [3.05, 3.63) is 40.3 Å². The molecule has 0 spiro atoms. The summed E-state index contributed by atoms with van der Waals surface area (Å²) in [6.45, 7) is 0. The van der Waals surface area contributed by atoms with Crippen LogP contribution in [0.25, 0.3) is 6.08 Å². The molecule has 1 aromatic carbocycles. The van der Waals surface area contributed by atoms with Crippen LogP contribution >= 0.6 is 24.0 Å². The van der Waals surface area contributed by atoms with Crippen molar-refractivity contribution >= 4 is 40.3 Å². The smallest absolute Gasteiger partial charge is 0.263 e. The van der Waals surface area contributed by atoms with Gasteiger partial charge in [0.05, 0.1) is 4.91 Å². The molecule has 1 N–H and O–H groups in total. The van der Waals surface area contributed by atoms with Crippen LogP contribution in [-0.2, 0) is 4.79 Å². The fourth-order valence-corrected chi connectivity index (χ4v) is 2.23. The topological polar surface area (TPSA) is 29.1 Å². The van der Waals surface area contributed by atoms with E-state index in [9.17, 15) is 13.6 Å². The van der Waals surface area contributed by atoms with Crippen molar-refractivity contribution in [1.29, 1.82) is 0 Å². The fraction of sp³-hybridized carbons (Fsp3) is 0. The van der Waals surface area contributed by atoms with Gasteiger partial charge >= 0.3 is 0 Å². The molecule has 1 aliphatic rings. The Morgan fingerprint density at radius 1 is 1.38 bits per heavy atom. The largest absolute Gasteiger partial charge is 0.307 e. The van der Waals surface area contributed by atoms with Gasteiger partial charge in [-0.05, 0) is 12.1 Å². The molecule has 1 aromatic rings. The van der Waals surface area contributed by atoms with Crippen molar-refractivity contribution in [2.24, 2.45) is 0 Å². The predicted octanol–water partition coefficient (Wildman–Crippen LogP) is 2.45. The average Bonchev–Trinajstić information content (AvgIpc) is 2.53. The molecule has 0 saturated carbocycles. The summed E-state index contributed by atoms with van der Waals surface area (Å²) in [7, 11) is 0. The second kappa shape index (κ2) is 4.31. The summed E-state index contributed by atoms with van der Waals surface area (Å²) in [5.41, 5.74) is 0.0300. The zero-order chi connectivity index (χ0) is 11.7. The molecule has 2 rings (SSSR count). The van der Waals surface area contributed by atoms with Gasteiger partial charge < -0.3 is 5.32 Å². The minimum Gasteiger partial charge on any atom is -0.307 e. The molecule has 0 bridgehead atoms. The molecule has 1 fully saturated rings. The number of hydrogen-bond acceptors (Lipinski definition) is 3. The molecule has 16 heavy (non-hydrogen) atoms. The molecule has 1 amide bonds. The normalized spacial score (nSPS) is 18.0. The van der Waals surface area contributed by atoms with Crippen molar-refractivity contribution in [2.75, 3.05) is 0 Å². The number of hydrogen-bond donors (Lipinski definition) is 1. The first-order valence-electron chi connectivity index (χ1n) is 4.27. The lowest BCUT2D eigenvalue weighted by Crippen LogP contribution is -2.17. The van der Waals surface area contributed by atoms with Gasteiger partial charge in [-0.3, -0.25) is 4.79 Å². The number of benzene rings is 1. The van der Waals surface area contributed by atoms with E-state index < -0.39 is 17.5 Å². The van der Waals surface area contributed by atoms with Gasteiger partial charge in [0.2, 0.25) is 0 Å². The fourth-order valence-electron chi connectivity index (χ4n) is 1.19. The SMILES string of the molecule is O=C1NC(=S)SC1=Cc1cccc(F)c1F. The Kier molecular flexibility index (Phi) is 3.02. The maximum absolute atomic E-state index is 13.3. The highest BCUT2D eigenvalue weighted by Gasteiger charge is 2.22. The maximum Gasteiger partial charge on any atom is 0.263 e. The van der Waals surface area contributed by atoms with Crippen molar-refractivity contribution in [3.63, 3.8) is 0 Å². The van der Waals surface area contributed by atoms with E-state index >= 15 is 0 Å². The third kappa shape index (κ3) is 2.12. The number of halogens is 2. The van der Waals surface area contributed by atoms with Crippen molar-refractivity contribution in [2.45, 2.75) is 0 Å². The van der Waals surface area contributed by atoms with Crippen LogP contribution in [0.1, 0.15) is 5.56 Å². The van der Waals surface area contributed by atoms with Crippen LogP contribution in [0.3, 0.4) is 0 Å². The van der Waals surface area contributed by atoms with Crippen LogP contribution in [0.15, 0.2) is 23.1 Å². The first-order chi connectivity index (χ1) is 7.58. The van der Waals surface area contributed by atoms with Gasteiger partial charge in [-0.15, -0.1) is 0 Å². The molecule has 0 aromatic heterocycles. The summed E-state index contributed by atoms with van der Waals surface area (Å²) >= 11 is 5.80. The van der Waals surface area contributed by atoms with Crippen LogP contribution in [0.2, 0.25) is 0 Å². The van der Waals surface area contributed by atoms with Crippen LogP contribution in [-0.4, -0.2) is 10.2 Å². The molecule has 0 aliphatic carbocycles. The molecule has 1 saturated heterocycles. The summed E-state index contributed by atoms with van der Waals surface area (Å²) in [5.74, 6) is -2.31. The molecule has 1 heterocycles. The van der Waals surface area contributed by atoms with Crippen molar-refractivity contribution in [3.8, 4) is 0 Å². The lowest BCUT2D eigenvalue weighted by Gasteiger charge is -1.98. The van der Waals surface area contributed by atoms with E-state index in [-0.39, 0.29) is 10.5 Å². The van der Waals surface area contributed by atoms with Gasteiger partial charge in [0.25, 0.3) is 5.91 Å². The quantitative estimate of drug-likeness (QED) is 0.619. The lowest BCUT2D eigenvalue weighted by atomic mass is 10.2. The Morgan fingerprint density at radius 2 is 2.12 bits per heavy atom. The minimum absolute atomic E-state index is 0.0300. The third-order valence-electron chi connectivity index (χ3n) is 1.91. The first kappa shape index (κ1) is 11.2. The summed E-state index contributed by atoms with van der Waals surface area (Å²) in [6.07, 6.45) is 1.28. The molecular formula is C10H5F2NOS2. The summed E-state index contributed by atoms with van der Waals surface area (Å²) < 4.78 is 26.5. The number of nitrogens with one attached hydrogen (secondary N) is 1. The standard InChI is InChI=1S/C10H5F2NOS2/c11-6-3-1-2-5(8(6)12)4-7-9(14)13-10(15)16-7/h1-4H,(H,13,14,15). The van der Waals surface area contributed by atoms with Crippen LogP contribution in [0.5, 0.6) is 0 Å².